The number of carboxylic acids is 1. The van der Waals surface area contributed by atoms with E-state index >= 15 is 19.2 Å². The molecule has 107 heavy (non-hydrogen) atoms. The van der Waals surface area contributed by atoms with Crippen LogP contribution in [-0.2, 0) is 68.8 Å². The predicted octanol–water partition coefficient (Wildman–Crippen LogP) is 1.14. The molecule has 0 aliphatic carbocycles. The lowest BCUT2D eigenvalue weighted by molar-refractivity contribution is -0.142. The summed E-state index contributed by atoms with van der Waals surface area (Å²) in [5.41, 5.74) is 34.5. The Morgan fingerprint density at radius 1 is 0.383 bits per heavy atom. The van der Waals surface area contributed by atoms with Gasteiger partial charge in [0.05, 0.1) is 6.04 Å². The van der Waals surface area contributed by atoms with E-state index in [1.807, 2.05) is 80.6 Å². The van der Waals surface area contributed by atoms with Crippen LogP contribution in [0.1, 0.15) is 100 Å². The molecule has 572 valence electrons. The van der Waals surface area contributed by atoms with Crippen LogP contribution in [0.4, 0.5) is 0 Å². The van der Waals surface area contributed by atoms with Gasteiger partial charge in [0.1, 0.15) is 48.3 Å². The van der Waals surface area contributed by atoms with Crippen molar-refractivity contribution in [3.05, 3.63) is 144 Å². The van der Waals surface area contributed by atoms with E-state index in [4.69, 9.17) is 44.9 Å². The minimum Gasteiger partial charge on any atom is -0.480 e. The van der Waals surface area contributed by atoms with Crippen molar-refractivity contribution >= 4 is 115 Å². The van der Waals surface area contributed by atoms with Gasteiger partial charge >= 0.3 is 5.97 Å². The first-order valence-corrected chi connectivity index (χ1v) is 36.0. The zero-order valence-corrected chi connectivity index (χ0v) is 60.1. The first-order chi connectivity index (χ1) is 51.4. The van der Waals surface area contributed by atoms with Crippen molar-refractivity contribution in [1.82, 2.24) is 78.4 Å². The Kier molecular flexibility index (Phi) is 30.0. The SMILES string of the molecule is CC[C@H](C)[C@H](N)C(=O)N[C@@H](Cc1c[nH]c2ccccc12)C(=O)N[C@@H](CCCCN)C(=O)N[C@@H](CCCNC(=N)N)C(=O)N[C@@H](Cc1c[nH]c2ccccc12)C(=O)N[C@@H](Cc1c[nH]c2ccccc12)C(=O)N[C@@H](CCCNC(=N)N)C(=O)N[C@@H](CCCNC(=N)N)C(=O)N[C@@H](Cc1c[nH]c2ccccc12)C(=O)O. The maximum atomic E-state index is 15.6. The molecule has 29 N–H and O–H groups in total. The van der Waals surface area contributed by atoms with Gasteiger partial charge < -0.3 is 112 Å². The van der Waals surface area contributed by atoms with Crippen LogP contribution in [0.3, 0.4) is 0 Å². The Bertz CT molecular complexity index is 4410. The van der Waals surface area contributed by atoms with Crippen LogP contribution < -0.4 is 87.2 Å². The summed E-state index contributed by atoms with van der Waals surface area (Å²) >= 11 is 0. The molecule has 33 heteroatoms. The number of amides is 8. The van der Waals surface area contributed by atoms with E-state index in [0.717, 1.165) is 21.8 Å². The predicted molar refractivity (Wildman–Crippen MR) is 409 cm³/mol. The number of para-hydroxylation sites is 4. The van der Waals surface area contributed by atoms with Crippen molar-refractivity contribution < 1.29 is 48.3 Å². The van der Waals surface area contributed by atoms with Crippen LogP contribution in [0.25, 0.3) is 43.6 Å². The van der Waals surface area contributed by atoms with E-state index < -0.39 is 108 Å². The number of H-pyrrole nitrogens is 4. The van der Waals surface area contributed by atoms with E-state index in [2.05, 4.69) is 78.4 Å². The monoisotopic (exact) mass is 1470 g/mol. The summed E-state index contributed by atoms with van der Waals surface area (Å²) in [7, 11) is 0. The molecule has 0 aliphatic heterocycles. The molecule has 0 bridgehead atoms. The molecule has 0 fully saturated rings. The smallest absolute Gasteiger partial charge is 0.326 e. The summed E-state index contributed by atoms with van der Waals surface area (Å²) in [5, 5.41) is 67.2. The molecule has 4 aromatic carbocycles. The van der Waals surface area contributed by atoms with Crippen LogP contribution in [0.15, 0.2) is 122 Å². The standard InChI is InChI=1S/C74H101N23O10/c1-3-41(2)62(76)70(105)96-60(35-44-39-88-52-23-10-6-19-48(44)52)68(103)92-54(25-12-13-29-75)63(98)90-56(27-15-31-84-73(79)80)65(100)94-59(34-43-38-87-51-22-9-5-18-47(43)51)69(104)95-58(33-42-37-86-50-21-8-4-17-46(42)50)67(102)93-55(26-14-30-83-72(77)78)64(99)91-57(28-16-32-85-74(81)82)66(101)97-61(71(106)107)36-45-40-89-53-24-11-7-20-49(45)53/h4-11,17-24,37-41,54-62,86-89H,3,12-16,25-36,75-76H2,1-2H3,(H,90,98)(H,91,99)(H,92,103)(H,93,102)(H,94,100)(H,95,104)(H,96,105)(H,97,101)(H,106,107)(H4,77,78,83)(H4,79,80,84)(H4,81,82,85)/t41-,54-,55-,56-,57-,58-,59-,60-,61-,62-/m0/s1. The average molecular weight is 1470 g/mol. The molecule has 0 radical (unpaired) electrons. The Morgan fingerprint density at radius 2 is 0.636 bits per heavy atom. The molecular formula is C74H101N23O10. The Labute approximate surface area is 618 Å². The lowest BCUT2D eigenvalue weighted by Gasteiger charge is -2.28. The highest BCUT2D eigenvalue weighted by molar-refractivity contribution is 6.00. The third kappa shape index (κ3) is 23.5. The van der Waals surface area contributed by atoms with Crippen LogP contribution in [0.2, 0.25) is 0 Å². The summed E-state index contributed by atoms with van der Waals surface area (Å²) < 4.78 is 0. The molecule has 0 unspecified atom stereocenters. The highest BCUT2D eigenvalue weighted by Gasteiger charge is 2.37. The summed E-state index contributed by atoms with van der Waals surface area (Å²) in [6.45, 7) is 4.16. The van der Waals surface area contributed by atoms with Gasteiger partial charge in [-0.1, -0.05) is 93.1 Å². The number of aromatic amines is 4. The number of unbranched alkanes of at least 4 members (excludes halogenated alkanes) is 1. The largest absolute Gasteiger partial charge is 0.480 e. The average Bonchev–Trinajstić information content (AvgIpc) is 1.73. The number of benzene rings is 4. The molecule has 10 atom stereocenters. The van der Waals surface area contributed by atoms with Crippen molar-refractivity contribution in [2.75, 3.05) is 26.2 Å². The quantitative estimate of drug-likeness (QED) is 0.0145. The van der Waals surface area contributed by atoms with Gasteiger partial charge in [-0.15, -0.1) is 0 Å². The van der Waals surface area contributed by atoms with E-state index in [9.17, 15) is 29.1 Å². The number of nitrogens with two attached hydrogens (primary N) is 5. The van der Waals surface area contributed by atoms with Gasteiger partial charge in [-0.05, 0) is 117 Å². The first-order valence-electron chi connectivity index (χ1n) is 36.0. The maximum Gasteiger partial charge on any atom is 0.326 e. The third-order valence-electron chi connectivity index (χ3n) is 18.9. The van der Waals surface area contributed by atoms with Crippen LogP contribution >= 0.6 is 0 Å². The molecule has 0 saturated heterocycles. The summed E-state index contributed by atoms with van der Waals surface area (Å²) in [6, 6.07) is 16.7. The highest BCUT2D eigenvalue weighted by atomic mass is 16.4. The molecule has 0 aliphatic rings. The van der Waals surface area contributed by atoms with Crippen molar-refractivity contribution in [2.45, 2.75) is 158 Å². The fourth-order valence-corrected chi connectivity index (χ4v) is 12.8. The van der Waals surface area contributed by atoms with E-state index in [1.165, 1.54) is 0 Å². The second-order valence-electron chi connectivity index (χ2n) is 26.7. The lowest BCUT2D eigenvalue weighted by atomic mass is 9.98. The zero-order chi connectivity index (χ0) is 77.1. The second-order valence-corrected chi connectivity index (χ2v) is 26.7. The number of fused-ring (bicyclic) bond motifs is 4. The number of carboxylic acid groups (broad SMARTS) is 1. The van der Waals surface area contributed by atoms with E-state index in [-0.39, 0.29) is 121 Å². The topological polar surface area (TPSA) is 571 Å². The number of hydrogen-bond acceptors (Lipinski definition) is 14. The number of carbonyl (C=O) groups is 9. The number of rotatable bonds is 43. The van der Waals surface area contributed by atoms with Gasteiger partial charge in [-0.25, -0.2) is 4.79 Å². The van der Waals surface area contributed by atoms with Gasteiger partial charge in [0.2, 0.25) is 47.3 Å². The number of hydrogen-bond donors (Lipinski definition) is 24. The van der Waals surface area contributed by atoms with Crippen molar-refractivity contribution in [1.29, 1.82) is 16.2 Å². The summed E-state index contributed by atoms with van der Waals surface area (Å²) in [6.07, 6.45) is 7.54. The summed E-state index contributed by atoms with van der Waals surface area (Å²) in [5.74, 6) is -9.21. The molecule has 33 nitrogen and oxygen atoms in total. The molecule has 4 heterocycles. The molecule has 8 aromatic rings. The van der Waals surface area contributed by atoms with Gasteiger partial charge in [-0.3, -0.25) is 54.6 Å². The minimum atomic E-state index is -1.55. The Hall–Kier alpha value is -12.0. The van der Waals surface area contributed by atoms with Crippen LogP contribution in [-0.4, -0.2) is 177 Å². The molecule has 4 aromatic heterocycles. The van der Waals surface area contributed by atoms with Crippen molar-refractivity contribution in [3.8, 4) is 0 Å². The van der Waals surface area contributed by atoms with Crippen LogP contribution in [0.5, 0.6) is 0 Å². The Morgan fingerprint density at radius 3 is 0.916 bits per heavy atom. The lowest BCUT2D eigenvalue weighted by Crippen LogP contribution is -2.61. The number of nitrogens with one attached hydrogen (secondary N) is 18. The van der Waals surface area contributed by atoms with Gasteiger partial charge in [0.25, 0.3) is 0 Å². The molecular weight excluding hydrogens is 1370 g/mol. The van der Waals surface area contributed by atoms with E-state index in [1.54, 1.807) is 55.1 Å². The molecule has 8 rings (SSSR count). The van der Waals surface area contributed by atoms with Crippen molar-refractivity contribution in [2.24, 2.45) is 34.6 Å². The van der Waals surface area contributed by atoms with Gasteiger partial charge in [-0.2, -0.15) is 0 Å². The highest BCUT2D eigenvalue weighted by Crippen LogP contribution is 2.25. The van der Waals surface area contributed by atoms with Gasteiger partial charge in [0, 0.05) is 114 Å². The number of aromatic nitrogens is 4. The fraction of sp³-hybridized carbons (Fsp3) is 0.405. The Balaban J connectivity index is 1.10. The summed E-state index contributed by atoms with van der Waals surface area (Å²) in [4.78, 5) is 145. The van der Waals surface area contributed by atoms with E-state index in [0.29, 0.717) is 63.3 Å². The third-order valence-corrected chi connectivity index (χ3v) is 18.9. The number of guanidine groups is 3. The fourth-order valence-electron chi connectivity index (χ4n) is 12.8. The number of carbonyl (C=O) groups excluding carboxylic acids is 8. The second kappa shape index (κ2) is 39.8. The molecule has 8 amide bonds. The van der Waals surface area contributed by atoms with Crippen LogP contribution in [0, 0.1) is 22.1 Å². The van der Waals surface area contributed by atoms with Gasteiger partial charge in [0.15, 0.2) is 17.9 Å². The normalized spacial score (nSPS) is 14.1. The maximum absolute atomic E-state index is 15.6. The van der Waals surface area contributed by atoms with Crippen molar-refractivity contribution in [3.63, 3.8) is 0 Å². The zero-order valence-electron chi connectivity index (χ0n) is 60.1. The molecule has 0 spiro atoms. The number of aliphatic carboxylic acids is 1. The first kappa shape index (κ1) is 80.7. The minimum absolute atomic E-state index is 0.00383. The molecule has 0 saturated carbocycles.